The van der Waals surface area contributed by atoms with Crippen LogP contribution in [0.1, 0.15) is 69.6 Å². The van der Waals surface area contributed by atoms with Crippen LogP contribution in [-0.4, -0.2) is 82.4 Å². The molecular formula is C50H53N5O7. The number of aliphatic hydroxyl groups excluding tert-OH is 1. The SMILES string of the molecule is O=C(NC(c1ccccc1)c1cccc(OCc2cccc(C(=O)N(CCCNC[C@@H](O)c3ccc(O)c4[nH]c(=O)ccc34)Cc3ccccc3)c2)c1)O[C@H]1CN2CCC1CC2. The molecule has 1 aromatic heterocycles. The fourth-order valence-corrected chi connectivity index (χ4v) is 8.61. The van der Waals surface area contributed by atoms with Crippen LogP contribution in [0.3, 0.4) is 0 Å². The summed E-state index contributed by atoms with van der Waals surface area (Å²) in [7, 11) is 0. The highest BCUT2D eigenvalue weighted by atomic mass is 16.6. The van der Waals surface area contributed by atoms with Gasteiger partial charge in [-0.1, -0.05) is 91.0 Å². The molecular weight excluding hydrogens is 783 g/mol. The number of carbonyl (C=O) groups is 2. The molecule has 3 fully saturated rings. The van der Waals surface area contributed by atoms with E-state index in [-0.39, 0.29) is 42.0 Å². The first-order valence-electron chi connectivity index (χ1n) is 21.4. The second-order valence-electron chi connectivity index (χ2n) is 16.2. The van der Waals surface area contributed by atoms with Gasteiger partial charge in [-0.05, 0) is 109 Å². The van der Waals surface area contributed by atoms with Gasteiger partial charge in [0.15, 0.2) is 0 Å². The van der Waals surface area contributed by atoms with Crippen molar-refractivity contribution in [1.29, 1.82) is 0 Å². The number of nitrogens with zero attached hydrogens (tertiary/aromatic N) is 2. The Kier molecular flexibility index (Phi) is 13.6. The molecule has 3 atom stereocenters. The third-order valence-electron chi connectivity index (χ3n) is 11.9. The van der Waals surface area contributed by atoms with Crippen LogP contribution in [0.5, 0.6) is 11.5 Å². The molecule has 9 rings (SSSR count). The number of carbonyl (C=O) groups excluding carboxylic acids is 2. The maximum absolute atomic E-state index is 14.1. The van der Waals surface area contributed by atoms with Crippen molar-refractivity contribution in [2.75, 3.05) is 39.3 Å². The summed E-state index contributed by atoms with van der Waals surface area (Å²) >= 11 is 0. The number of aromatic nitrogens is 1. The number of aromatic hydroxyl groups is 1. The number of amides is 2. The number of piperidine rings is 3. The third kappa shape index (κ3) is 10.5. The highest BCUT2D eigenvalue weighted by molar-refractivity contribution is 5.94. The first kappa shape index (κ1) is 42.2. The summed E-state index contributed by atoms with van der Waals surface area (Å²) in [5.41, 5.74) is 4.71. The molecule has 0 aliphatic carbocycles. The van der Waals surface area contributed by atoms with E-state index < -0.39 is 18.2 Å². The molecule has 2 amide bonds. The van der Waals surface area contributed by atoms with Gasteiger partial charge in [0.25, 0.3) is 5.91 Å². The number of hydrogen-bond acceptors (Lipinski definition) is 9. The standard InChI is InChI=1S/C50H53N5O7/c56-43-20-18-41(42-19-21-46(58)52-48(42)43)44(57)30-51-24-9-25-55(31-34-10-3-1-4-11-34)49(59)39-16-7-12-35(28-39)33-61-40-17-8-15-38(29-40)47(37-13-5-2-6-14-37)53-50(60)62-45-32-54-26-22-36(45)23-27-54/h1-8,10-21,28-29,36,44-45,47,51,56-57H,9,22-27,30-33H2,(H,52,58)(H,53,60)/t44-,45+,47?/m1/s1. The number of pyridine rings is 1. The number of hydrogen-bond donors (Lipinski definition) is 5. The average molecular weight is 836 g/mol. The number of benzene rings is 5. The molecule has 4 heterocycles. The summed E-state index contributed by atoms with van der Waals surface area (Å²) in [6, 6.07) is 40.5. The van der Waals surface area contributed by atoms with Gasteiger partial charge in [-0.3, -0.25) is 14.5 Å². The largest absolute Gasteiger partial charge is 0.506 e. The van der Waals surface area contributed by atoms with Gasteiger partial charge in [-0.25, -0.2) is 4.79 Å². The van der Waals surface area contributed by atoms with Crippen molar-refractivity contribution in [1.82, 2.24) is 25.4 Å². The summed E-state index contributed by atoms with van der Waals surface area (Å²) < 4.78 is 12.3. The van der Waals surface area contributed by atoms with Crippen molar-refractivity contribution in [3.63, 3.8) is 0 Å². The van der Waals surface area contributed by atoms with E-state index in [2.05, 4.69) is 20.5 Å². The molecule has 1 unspecified atom stereocenters. The van der Waals surface area contributed by atoms with Crippen LogP contribution < -0.4 is 20.9 Å². The molecule has 5 N–H and O–H groups in total. The first-order chi connectivity index (χ1) is 30.3. The maximum Gasteiger partial charge on any atom is 0.408 e. The summed E-state index contributed by atoms with van der Waals surface area (Å²) in [4.78, 5) is 46.2. The highest BCUT2D eigenvalue weighted by Crippen LogP contribution is 2.32. The summed E-state index contributed by atoms with van der Waals surface area (Å²) in [6.07, 6.45) is 1.33. The Morgan fingerprint density at radius 1 is 0.839 bits per heavy atom. The lowest BCUT2D eigenvalue weighted by molar-refractivity contribution is -0.0336. The fraction of sp³-hybridized carbons (Fsp3) is 0.300. The Morgan fingerprint density at radius 2 is 1.58 bits per heavy atom. The minimum atomic E-state index is -0.885. The lowest BCUT2D eigenvalue weighted by Crippen LogP contribution is -2.52. The number of aromatic amines is 1. The molecule has 3 aliphatic heterocycles. The smallest absolute Gasteiger partial charge is 0.408 e. The molecule has 62 heavy (non-hydrogen) atoms. The van der Waals surface area contributed by atoms with Crippen LogP contribution >= 0.6 is 0 Å². The van der Waals surface area contributed by atoms with Crippen LogP contribution in [0.4, 0.5) is 4.79 Å². The molecule has 6 aromatic rings. The van der Waals surface area contributed by atoms with Crippen molar-refractivity contribution >= 4 is 22.9 Å². The van der Waals surface area contributed by atoms with Gasteiger partial charge in [0.1, 0.15) is 24.2 Å². The molecule has 320 valence electrons. The number of rotatable bonds is 17. The van der Waals surface area contributed by atoms with E-state index in [1.165, 1.54) is 12.1 Å². The quantitative estimate of drug-likeness (QED) is 0.0607. The average Bonchev–Trinajstić information content (AvgIpc) is 3.31. The van der Waals surface area contributed by atoms with E-state index in [0.717, 1.165) is 54.7 Å². The first-order valence-corrected chi connectivity index (χ1v) is 21.4. The van der Waals surface area contributed by atoms with Crippen molar-refractivity contribution < 1.29 is 29.3 Å². The highest BCUT2D eigenvalue weighted by Gasteiger charge is 2.37. The molecule has 5 aromatic carbocycles. The number of nitrogens with one attached hydrogen (secondary N) is 3. The molecule has 3 aliphatic rings. The van der Waals surface area contributed by atoms with Crippen LogP contribution in [0.2, 0.25) is 0 Å². The molecule has 0 radical (unpaired) electrons. The lowest BCUT2D eigenvalue weighted by Gasteiger charge is -2.43. The van der Waals surface area contributed by atoms with Gasteiger partial charge in [-0.2, -0.15) is 0 Å². The monoisotopic (exact) mass is 835 g/mol. The number of alkyl carbamates (subject to hydrolysis) is 1. The maximum atomic E-state index is 14.1. The van der Waals surface area contributed by atoms with Crippen molar-refractivity contribution in [3.8, 4) is 11.5 Å². The minimum absolute atomic E-state index is 0.0610. The zero-order valence-electron chi connectivity index (χ0n) is 34.6. The van der Waals surface area contributed by atoms with Crippen molar-refractivity contribution in [2.24, 2.45) is 5.92 Å². The van der Waals surface area contributed by atoms with E-state index in [9.17, 15) is 24.6 Å². The van der Waals surface area contributed by atoms with Gasteiger partial charge in [0.2, 0.25) is 5.56 Å². The predicted octanol–water partition coefficient (Wildman–Crippen LogP) is 7.08. The second-order valence-corrected chi connectivity index (χ2v) is 16.2. The summed E-state index contributed by atoms with van der Waals surface area (Å²) in [6.45, 7) is 4.83. The minimum Gasteiger partial charge on any atom is -0.506 e. The normalized spacial score (nSPS) is 17.9. The number of ether oxygens (including phenoxy) is 2. The molecule has 3 saturated heterocycles. The van der Waals surface area contributed by atoms with E-state index in [1.807, 2.05) is 114 Å². The lowest BCUT2D eigenvalue weighted by atomic mass is 9.86. The topological polar surface area (TPSA) is 156 Å². The van der Waals surface area contributed by atoms with E-state index >= 15 is 0 Å². The van der Waals surface area contributed by atoms with E-state index in [0.29, 0.717) is 54.2 Å². The molecule has 2 bridgehead atoms. The van der Waals surface area contributed by atoms with Gasteiger partial charge in [0, 0.05) is 43.2 Å². The summed E-state index contributed by atoms with van der Waals surface area (Å²) in [5, 5.41) is 28.2. The Hall–Kier alpha value is -6.47. The zero-order chi connectivity index (χ0) is 42.8. The molecule has 12 nitrogen and oxygen atoms in total. The van der Waals surface area contributed by atoms with Crippen LogP contribution in [0, 0.1) is 5.92 Å². The molecule has 12 heteroatoms. The Bertz CT molecular complexity index is 2510. The van der Waals surface area contributed by atoms with Crippen LogP contribution in [0.15, 0.2) is 138 Å². The van der Waals surface area contributed by atoms with Crippen molar-refractivity contribution in [2.45, 2.75) is 50.7 Å². The molecule has 0 saturated carbocycles. The number of aliphatic hydroxyl groups is 1. The van der Waals surface area contributed by atoms with Crippen LogP contribution in [0.25, 0.3) is 10.9 Å². The van der Waals surface area contributed by atoms with Gasteiger partial charge < -0.3 is 40.2 Å². The second kappa shape index (κ2) is 19.9. The third-order valence-corrected chi connectivity index (χ3v) is 11.9. The predicted molar refractivity (Wildman–Crippen MR) is 238 cm³/mol. The summed E-state index contributed by atoms with van der Waals surface area (Å²) in [5.74, 6) is 0.868. The number of phenols is 1. The van der Waals surface area contributed by atoms with Crippen LogP contribution in [-0.2, 0) is 17.9 Å². The van der Waals surface area contributed by atoms with Gasteiger partial charge in [-0.15, -0.1) is 0 Å². The number of phenolic OH excluding ortho intramolecular Hbond substituents is 1. The van der Waals surface area contributed by atoms with Gasteiger partial charge in [0.05, 0.1) is 17.7 Å². The van der Waals surface area contributed by atoms with Crippen molar-refractivity contribution in [3.05, 3.63) is 177 Å². The van der Waals surface area contributed by atoms with Gasteiger partial charge >= 0.3 is 6.09 Å². The Balaban J connectivity index is 0.894. The fourth-order valence-electron chi connectivity index (χ4n) is 8.61. The zero-order valence-corrected chi connectivity index (χ0v) is 34.6. The molecule has 0 spiro atoms. The number of H-pyrrole nitrogens is 1. The van der Waals surface area contributed by atoms with E-state index in [1.54, 1.807) is 12.1 Å². The Labute approximate surface area is 361 Å². The van der Waals surface area contributed by atoms with E-state index in [4.69, 9.17) is 9.47 Å². The number of fused-ring (bicyclic) bond motifs is 4. The Morgan fingerprint density at radius 3 is 2.35 bits per heavy atom.